The number of benzene rings is 2. The van der Waals surface area contributed by atoms with Crippen molar-refractivity contribution in [2.75, 3.05) is 0 Å². The van der Waals surface area contributed by atoms with Gasteiger partial charge in [-0.15, -0.1) is 0 Å². The predicted molar refractivity (Wildman–Crippen MR) is 103 cm³/mol. The monoisotopic (exact) mass is 339 g/mol. The second-order valence-electron chi connectivity index (χ2n) is 7.13. The van der Waals surface area contributed by atoms with E-state index in [1.807, 2.05) is 44.2 Å². The summed E-state index contributed by atoms with van der Waals surface area (Å²) in [7, 11) is 0. The molecule has 2 rings (SSSR count). The van der Waals surface area contributed by atoms with Crippen molar-refractivity contribution in [1.29, 1.82) is 0 Å². The molecular weight excluding hydrogens is 310 g/mol. The van der Waals surface area contributed by atoms with Crippen LogP contribution in [0.25, 0.3) is 0 Å². The topological polar surface area (TPSA) is 38.3 Å². The first-order valence-corrected chi connectivity index (χ1v) is 8.96. The first-order chi connectivity index (χ1) is 11.9. The molecule has 3 heteroatoms. The van der Waals surface area contributed by atoms with Crippen LogP contribution in [0.2, 0.25) is 0 Å². The average molecular weight is 339 g/mol. The van der Waals surface area contributed by atoms with Crippen molar-refractivity contribution in [2.24, 2.45) is 5.92 Å². The molecule has 0 bridgehead atoms. The van der Waals surface area contributed by atoms with E-state index in [-0.39, 0.29) is 11.9 Å². The number of aryl methyl sites for hydroxylation is 2. The molecule has 0 unspecified atom stereocenters. The van der Waals surface area contributed by atoms with Crippen LogP contribution < -0.4 is 10.1 Å². The molecule has 2 atom stereocenters. The number of rotatable bonds is 7. The highest BCUT2D eigenvalue weighted by Crippen LogP contribution is 2.23. The number of hydrogen-bond donors (Lipinski definition) is 1. The SMILES string of the molecule is Cc1ccc(O[C@H](C)C(=O)N[C@H](CC(C)C)c2ccccc2)c(C)c1. The summed E-state index contributed by atoms with van der Waals surface area (Å²) in [5, 5.41) is 3.15. The van der Waals surface area contributed by atoms with Crippen LogP contribution in [-0.4, -0.2) is 12.0 Å². The molecule has 0 radical (unpaired) electrons. The van der Waals surface area contributed by atoms with Crippen LogP contribution in [0.4, 0.5) is 0 Å². The minimum Gasteiger partial charge on any atom is -0.481 e. The summed E-state index contributed by atoms with van der Waals surface area (Å²) in [4.78, 5) is 12.7. The lowest BCUT2D eigenvalue weighted by Crippen LogP contribution is -2.39. The first-order valence-electron chi connectivity index (χ1n) is 8.96. The Morgan fingerprint density at radius 3 is 2.32 bits per heavy atom. The Morgan fingerprint density at radius 1 is 1.04 bits per heavy atom. The van der Waals surface area contributed by atoms with Crippen molar-refractivity contribution in [1.82, 2.24) is 5.32 Å². The summed E-state index contributed by atoms with van der Waals surface area (Å²) in [5.74, 6) is 1.16. The van der Waals surface area contributed by atoms with Gasteiger partial charge in [0, 0.05) is 0 Å². The van der Waals surface area contributed by atoms with E-state index in [1.54, 1.807) is 6.92 Å². The zero-order valence-electron chi connectivity index (χ0n) is 15.9. The highest BCUT2D eigenvalue weighted by Gasteiger charge is 2.21. The second kappa shape index (κ2) is 8.70. The minimum absolute atomic E-state index is 0.00105. The van der Waals surface area contributed by atoms with Crippen LogP contribution >= 0.6 is 0 Å². The highest BCUT2D eigenvalue weighted by atomic mass is 16.5. The maximum absolute atomic E-state index is 12.7. The summed E-state index contributed by atoms with van der Waals surface area (Å²) in [5.41, 5.74) is 3.35. The molecule has 0 saturated heterocycles. The fraction of sp³-hybridized carbons (Fsp3) is 0.409. The van der Waals surface area contributed by atoms with Gasteiger partial charge in [-0.1, -0.05) is 61.9 Å². The van der Waals surface area contributed by atoms with Crippen molar-refractivity contribution < 1.29 is 9.53 Å². The average Bonchev–Trinajstić information content (AvgIpc) is 2.57. The van der Waals surface area contributed by atoms with E-state index in [4.69, 9.17) is 4.74 Å². The Hall–Kier alpha value is -2.29. The molecule has 3 nitrogen and oxygen atoms in total. The molecule has 1 amide bonds. The smallest absolute Gasteiger partial charge is 0.261 e. The van der Waals surface area contributed by atoms with E-state index in [1.165, 1.54) is 5.56 Å². The fourth-order valence-corrected chi connectivity index (χ4v) is 2.90. The van der Waals surface area contributed by atoms with E-state index >= 15 is 0 Å². The third-order valence-electron chi connectivity index (χ3n) is 4.23. The van der Waals surface area contributed by atoms with Gasteiger partial charge in [-0.05, 0) is 50.3 Å². The Morgan fingerprint density at radius 2 is 1.72 bits per heavy atom. The lowest BCUT2D eigenvalue weighted by molar-refractivity contribution is -0.128. The standard InChI is InChI=1S/C22H29NO2/c1-15(2)13-20(19-9-7-6-8-10-19)23-22(24)18(5)25-21-12-11-16(3)14-17(21)4/h6-12,14-15,18,20H,13H2,1-5H3,(H,23,24)/t18-,20-/m1/s1. The number of carbonyl (C=O) groups is 1. The van der Waals surface area contributed by atoms with E-state index in [0.29, 0.717) is 5.92 Å². The molecule has 0 saturated carbocycles. The van der Waals surface area contributed by atoms with E-state index in [2.05, 4.69) is 37.4 Å². The maximum Gasteiger partial charge on any atom is 0.261 e. The van der Waals surface area contributed by atoms with Crippen LogP contribution in [0, 0.1) is 19.8 Å². The summed E-state index contributed by atoms with van der Waals surface area (Å²) in [6.45, 7) is 10.2. The Bertz CT molecular complexity index is 694. The Kier molecular flexibility index (Phi) is 6.63. The first kappa shape index (κ1) is 19.0. The maximum atomic E-state index is 12.7. The number of hydrogen-bond acceptors (Lipinski definition) is 2. The molecule has 25 heavy (non-hydrogen) atoms. The molecule has 0 aliphatic carbocycles. The second-order valence-corrected chi connectivity index (χ2v) is 7.13. The molecule has 0 aliphatic rings. The zero-order chi connectivity index (χ0) is 18.4. The third-order valence-corrected chi connectivity index (χ3v) is 4.23. The van der Waals surface area contributed by atoms with Gasteiger partial charge in [0.05, 0.1) is 6.04 Å². The van der Waals surface area contributed by atoms with Crippen molar-refractivity contribution in [2.45, 2.75) is 53.2 Å². The van der Waals surface area contributed by atoms with Crippen LogP contribution in [0.5, 0.6) is 5.75 Å². The van der Waals surface area contributed by atoms with Gasteiger partial charge in [0.25, 0.3) is 5.91 Å². The van der Waals surface area contributed by atoms with Crippen LogP contribution in [0.15, 0.2) is 48.5 Å². The van der Waals surface area contributed by atoms with Gasteiger partial charge in [0.15, 0.2) is 6.10 Å². The van der Waals surface area contributed by atoms with E-state index in [0.717, 1.165) is 23.3 Å². The van der Waals surface area contributed by atoms with Crippen molar-refractivity contribution in [3.05, 3.63) is 65.2 Å². The predicted octanol–water partition coefficient (Wildman–Crippen LogP) is 4.97. The Labute approximate surface area is 151 Å². The van der Waals surface area contributed by atoms with Gasteiger partial charge < -0.3 is 10.1 Å². The minimum atomic E-state index is -0.542. The summed E-state index contributed by atoms with van der Waals surface area (Å²) in [6.07, 6.45) is 0.353. The van der Waals surface area contributed by atoms with Crippen LogP contribution in [-0.2, 0) is 4.79 Å². The van der Waals surface area contributed by atoms with Gasteiger partial charge in [0.1, 0.15) is 5.75 Å². The lowest BCUT2D eigenvalue weighted by atomic mass is 9.97. The van der Waals surface area contributed by atoms with Gasteiger partial charge in [-0.25, -0.2) is 0 Å². The van der Waals surface area contributed by atoms with Gasteiger partial charge in [-0.3, -0.25) is 4.79 Å². The highest BCUT2D eigenvalue weighted by molar-refractivity contribution is 5.81. The van der Waals surface area contributed by atoms with E-state index < -0.39 is 6.10 Å². The van der Waals surface area contributed by atoms with E-state index in [9.17, 15) is 4.79 Å². The Balaban J connectivity index is 2.06. The normalized spacial score (nSPS) is 13.4. The number of carbonyl (C=O) groups excluding carboxylic acids is 1. The van der Waals surface area contributed by atoms with Crippen LogP contribution in [0.3, 0.4) is 0 Å². The van der Waals surface area contributed by atoms with Gasteiger partial charge in [0.2, 0.25) is 0 Å². The fourth-order valence-electron chi connectivity index (χ4n) is 2.90. The number of amides is 1. The molecule has 134 valence electrons. The zero-order valence-corrected chi connectivity index (χ0v) is 15.9. The molecule has 0 aliphatic heterocycles. The van der Waals surface area contributed by atoms with Crippen molar-refractivity contribution in [3.8, 4) is 5.75 Å². The van der Waals surface area contributed by atoms with Crippen molar-refractivity contribution in [3.63, 3.8) is 0 Å². The molecule has 0 spiro atoms. The van der Waals surface area contributed by atoms with Crippen molar-refractivity contribution >= 4 is 5.91 Å². The summed E-state index contributed by atoms with van der Waals surface area (Å²) >= 11 is 0. The molecule has 0 heterocycles. The molecule has 2 aromatic rings. The number of nitrogens with one attached hydrogen (secondary N) is 1. The molecular formula is C22H29NO2. The lowest BCUT2D eigenvalue weighted by Gasteiger charge is -2.24. The summed E-state index contributed by atoms with van der Waals surface area (Å²) < 4.78 is 5.89. The molecule has 2 aromatic carbocycles. The van der Waals surface area contributed by atoms with Gasteiger partial charge >= 0.3 is 0 Å². The number of ether oxygens (including phenoxy) is 1. The molecule has 0 fully saturated rings. The largest absolute Gasteiger partial charge is 0.481 e. The van der Waals surface area contributed by atoms with Crippen LogP contribution in [0.1, 0.15) is 49.9 Å². The summed E-state index contributed by atoms with van der Waals surface area (Å²) in [6, 6.07) is 16.1. The molecule has 0 aromatic heterocycles. The van der Waals surface area contributed by atoms with Gasteiger partial charge in [-0.2, -0.15) is 0 Å². The quantitative estimate of drug-likeness (QED) is 0.773. The third kappa shape index (κ3) is 5.63. The molecule has 1 N–H and O–H groups in total.